The van der Waals surface area contributed by atoms with E-state index in [2.05, 4.69) is 16.5 Å². The molecule has 1 aromatic carbocycles. The van der Waals surface area contributed by atoms with Crippen LogP contribution in [-0.2, 0) is 4.79 Å². The van der Waals surface area contributed by atoms with Gasteiger partial charge in [0.05, 0.1) is 11.7 Å². The molecule has 0 atom stereocenters. The van der Waals surface area contributed by atoms with Crippen molar-refractivity contribution < 1.29 is 4.79 Å². The van der Waals surface area contributed by atoms with Gasteiger partial charge in [-0.2, -0.15) is 15.0 Å². The van der Waals surface area contributed by atoms with Gasteiger partial charge in [-0.05, 0) is 31.0 Å². The van der Waals surface area contributed by atoms with E-state index in [0.717, 1.165) is 22.0 Å². The van der Waals surface area contributed by atoms with Crippen LogP contribution in [0.2, 0.25) is 0 Å². The van der Waals surface area contributed by atoms with E-state index in [0.29, 0.717) is 17.2 Å². The number of para-hydroxylation sites is 1. The lowest BCUT2D eigenvalue weighted by molar-refractivity contribution is -0.118. The summed E-state index contributed by atoms with van der Waals surface area (Å²) in [6.45, 7) is 7.60. The first kappa shape index (κ1) is 16.7. The molecule has 3 rings (SSSR count). The Kier molecular flexibility index (Phi) is 4.24. The number of anilines is 1. The fraction of sp³-hybridized carbons (Fsp3) is 0.263. The smallest absolute Gasteiger partial charge is 0.228 e. The molecule has 25 heavy (non-hydrogen) atoms. The minimum atomic E-state index is -0.205. The molecule has 0 spiro atoms. The molecule has 0 radical (unpaired) electrons. The van der Waals surface area contributed by atoms with Gasteiger partial charge in [-0.3, -0.25) is 4.79 Å². The lowest BCUT2D eigenvalue weighted by Crippen LogP contribution is -2.21. The Bertz CT molecular complexity index is 1010. The topological polar surface area (TPSA) is 83.6 Å². The maximum Gasteiger partial charge on any atom is 0.228 e. The zero-order chi connectivity index (χ0) is 18.1. The van der Waals surface area contributed by atoms with Gasteiger partial charge in [-0.15, -0.1) is 0 Å². The van der Waals surface area contributed by atoms with Gasteiger partial charge in [0.1, 0.15) is 11.6 Å². The first-order valence-electron chi connectivity index (χ1n) is 8.08. The molecule has 3 aromatic rings. The van der Waals surface area contributed by atoms with Crippen LogP contribution in [0.4, 0.5) is 5.82 Å². The number of nitriles is 1. The number of fused-ring (bicyclic) bond motifs is 1. The van der Waals surface area contributed by atoms with Crippen molar-refractivity contribution in [1.29, 1.82) is 5.26 Å². The van der Waals surface area contributed by atoms with E-state index in [1.807, 2.05) is 38.1 Å². The largest absolute Gasteiger partial charge is 0.309 e. The summed E-state index contributed by atoms with van der Waals surface area (Å²) in [7, 11) is 0. The van der Waals surface area contributed by atoms with Crippen LogP contribution in [-0.4, -0.2) is 20.7 Å². The van der Waals surface area contributed by atoms with Crippen LogP contribution < -0.4 is 5.32 Å². The normalized spacial score (nSPS) is 10.9. The van der Waals surface area contributed by atoms with Crippen LogP contribution in [0.3, 0.4) is 0 Å². The molecule has 0 saturated heterocycles. The number of hydrogen-bond donors (Lipinski definition) is 1. The Hall–Kier alpha value is -3.20. The second kappa shape index (κ2) is 6.36. The average Bonchev–Trinajstić information content (AvgIpc) is 2.98. The predicted octanol–water partition coefficient (Wildman–Crippen LogP) is 3.50. The Morgan fingerprint density at radius 2 is 2.04 bits per heavy atom. The molecule has 0 aliphatic carbocycles. The Morgan fingerprint density at radius 3 is 2.72 bits per heavy atom. The maximum atomic E-state index is 12.1. The molecule has 0 aliphatic heterocycles. The molecule has 0 saturated carbocycles. The van der Waals surface area contributed by atoms with Crippen molar-refractivity contribution in [2.45, 2.75) is 27.7 Å². The number of rotatable bonds is 3. The van der Waals surface area contributed by atoms with Gasteiger partial charge in [0.15, 0.2) is 11.6 Å². The van der Waals surface area contributed by atoms with Gasteiger partial charge in [-0.25, -0.2) is 4.98 Å². The molecule has 1 N–H and O–H groups in total. The average molecular weight is 333 g/mol. The molecule has 0 bridgehead atoms. The van der Waals surface area contributed by atoms with Crippen molar-refractivity contribution in [2.24, 2.45) is 5.92 Å². The highest BCUT2D eigenvalue weighted by atomic mass is 16.1. The van der Waals surface area contributed by atoms with E-state index < -0.39 is 0 Å². The van der Waals surface area contributed by atoms with Gasteiger partial charge < -0.3 is 5.32 Å². The molecule has 6 heteroatoms. The fourth-order valence-electron chi connectivity index (χ4n) is 2.64. The van der Waals surface area contributed by atoms with Crippen LogP contribution in [0.25, 0.3) is 16.7 Å². The van der Waals surface area contributed by atoms with E-state index in [4.69, 9.17) is 4.98 Å². The maximum absolute atomic E-state index is 12.1. The molecule has 0 aliphatic rings. The number of aromatic nitrogens is 3. The number of amides is 1. The molecule has 126 valence electrons. The molecular formula is C19H19N5O. The Morgan fingerprint density at radius 1 is 1.28 bits per heavy atom. The molecule has 6 nitrogen and oxygen atoms in total. The van der Waals surface area contributed by atoms with E-state index in [1.54, 1.807) is 13.8 Å². The van der Waals surface area contributed by atoms with Crippen LogP contribution >= 0.6 is 0 Å². The second-order valence-electron chi connectivity index (χ2n) is 6.34. The molecule has 2 aromatic heterocycles. The number of nitrogens with zero attached hydrogens (tertiary/aromatic N) is 4. The van der Waals surface area contributed by atoms with Crippen LogP contribution in [0, 0.1) is 31.1 Å². The SMILES string of the molecule is Cc1cc(-n2ncc(C#N)c2NC(=O)C(C)C)nc2c(C)cccc12. The van der Waals surface area contributed by atoms with Crippen LogP contribution in [0.5, 0.6) is 0 Å². The number of pyridine rings is 1. The van der Waals surface area contributed by atoms with Crippen molar-refractivity contribution in [2.75, 3.05) is 5.32 Å². The van der Waals surface area contributed by atoms with Crippen molar-refractivity contribution >= 4 is 22.6 Å². The highest BCUT2D eigenvalue weighted by Crippen LogP contribution is 2.25. The zero-order valence-corrected chi connectivity index (χ0v) is 14.7. The van der Waals surface area contributed by atoms with E-state index in [1.165, 1.54) is 10.9 Å². The summed E-state index contributed by atoms with van der Waals surface area (Å²) in [5.41, 5.74) is 3.30. The summed E-state index contributed by atoms with van der Waals surface area (Å²) >= 11 is 0. The fourth-order valence-corrected chi connectivity index (χ4v) is 2.64. The van der Waals surface area contributed by atoms with Crippen molar-refractivity contribution in [3.05, 3.63) is 47.2 Å². The number of benzene rings is 1. The Labute approximate surface area is 146 Å². The van der Waals surface area contributed by atoms with Gasteiger partial charge in [0.2, 0.25) is 5.91 Å². The summed E-state index contributed by atoms with van der Waals surface area (Å²) in [5.74, 6) is 0.538. The molecule has 0 fully saturated rings. The standard InChI is InChI=1S/C19H19N5O/c1-11(2)19(25)23-18-14(9-20)10-21-24(18)16-8-13(4)15-7-5-6-12(3)17(15)22-16/h5-8,10-11H,1-4H3,(H,23,25). The van der Waals surface area contributed by atoms with Gasteiger partial charge >= 0.3 is 0 Å². The van der Waals surface area contributed by atoms with E-state index >= 15 is 0 Å². The summed E-state index contributed by atoms with van der Waals surface area (Å²) < 4.78 is 1.51. The molecule has 2 heterocycles. The van der Waals surface area contributed by atoms with E-state index in [-0.39, 0.29) is 11.8 Å². The lowest BCUT2D eigenvalue weighted by atomic mass is 10.1. The summed E-state index contributed by atoms with van der Waals surface area (Å²) in [5, 5.41) is 17.5. The Balaban J connectivity index is 2.19. The van der Waals surface area contributed by atoms with Gasteiger partial charge in [0, 0.05) is 11.3 Å². The second-order valence-corrected chi connectivity index (χ2v) is 6.34. The number of carbonyl (C=O) groups excluding carboxylic acids is 1. The number of hydrogen-bond acceptors (Lipinski definition) is 4. The monoisotopic (exact) mass is 333 g/mol. The molecule has 1 amide bonds. The summed E-state index contributed by atoms with van der Waals surface area (Å²) in [6, 6.07) is 10.0. The highest BCUT2D eigenvalue weighted by molar-refractivity contribution is 5.93. The van der Waals surface area contributed by atoms with Crippen molar-refractivity contribution in [3.63, 3.8) is 0 Å². The van der Waals surface area contributed by atoms with E-state index in [9.17, 15) is 10.1 Å². The summed E-state index contributed by atoms with van der Waals surface area (Å²) in [6.07, 6.45) is 1.44. The first-order valence-corrected chi connectivity index (χ1v) is 8.08. The van der Waals surface area contributed by atoms with Gasteiger partial charge in [-0.1, -0.05) is 32.0 Å². The summed E-state index contributed by atoms with van der Waals surface area (Å²) in [4.78, 5) is 16.8. The number of aryl methyl sites for hydroxylation is 2. The molecular weight excluding hydrogens is 314 g/mol. The quantitative estimate of drug-likeness (QED) is 0.795. The predicted molar refractivity (Wildman–Crippen MR) is 96.5 cm³/mol. The lowest BCUT2D eigenvalue weighted by Gasteiger charge is -2.13. The minimum absolute atomic E-state index is 0.174. The van der Waals surface area contributed by atoms with Crippen LogP contribution in [0.15, 0.2) is 30.5 Å². The van der Waals surface area contributed by atoms with Crippen molar-refractivity contribution in [3.8, 4) is 11.9 Å². The third kappa shape index (κ3) is 2.96. The third-order valence-electron chi connectivity index (χ3n) is 4.11. The van der Waals surface area contributed by atoms with Crippen molar-refractivity contribution in [1.82, 2.24) is 14.8 Å². The minimum Gasteiger partial charge on any atom is -0.309 e. The highest BCUT2D eigenvalue weighted by Gasteiger charge is 2.18. The first-order chi connectivity index (χ1) is 11.9. The number of carbonyl (C=O) groups is 1. The van der Waals surface area contributed by atoms with Gasteiger partial charge in [0.25, 0.3) is 0 Å². The number of nitrogens with one attached hydrogen (secondary N) is 1. The zero-order valence-electron chi connectivity index (χ0n) is 14.7. The third-order valence-corrected chi connectivity index (χ3v) is 4.11. The van der Waals surface area contributed by atoms with Crippen LogP contribution in [0.1, 0.15) is 30.5 Å². The molecule has 0 unspecified atom stereocenters.